The van der Waals surface area contributed by atoms with E-state index in [2.05, 4.69) is 16.0 Å². The fraction of sp³-hybridized carbons (Fsp3) is 0.429. The molecule has 6 nitrogen and oxygen atoms in total. The number of hydrogen-bond acceptors (Lipinski definition) is 5. The highest BCUT2D eigenvalue weighted by molar-refractivity contribution is 7.14. The summed E-state index contributed by atoms with van der Waals surface area (Å²) in [6.07, 6.45) is 2.99. The van der Waals surface area contributed by atoms with Gasteiger partial charge in [-0.25, -0.2) is 0 Å². The molecule has 1 saturated heterocycles. The molecule has 0 saturated carbocycles. The molecule has 0 aliphatic carbocycles. The maximum Gasteiger partial charge on any atom is 0.261 e. The van der Waals surface area contributed by atoms with Crippen LogP contribution in [0.2, 0.25) is 0 Å². The number of piperidine rings is 1. The van der Waals surface area contributed by atoms with Gasteiger partial charge in [-0.1, -0.05) is 18.2 Å². The van der Waals surface area contributed by atoms with Crippen LogP contribution in [0.15, 0.2) is 30.3 Å². The Hall–Kier alpha value is -2.22. The van der Waals surface area contributed by atoms with Gasteiger partial charge >= 0.3 is 0 Å². The molecule has 1 fully saturated rings. The molecule has 1 aromatic carbocycles. The van der Waals surface area contributed by atoms with E-state index in [4.69, 9.17) is 4.74 Å². The van der Waals surface area contributed by atoms with E-state index in [-0.39, 0.29) is 29.9 Å². The van der Waals surface area contributed by atoms with E-state index in [1.54, 1.807) is 11.3 Å². The number of ether oxygens (including phenoxy) is 1. The van der Waals surface area contributed by atoms with Crippen LogP contribution in [0.3, 0.4) is 0 Å². The fourth-order valence-electron chi connectivity index (χ4n) is 4.54. The quantitative estimate of drug-likeness (QED) is 0.728. The van der Waals surface area contributed by atoms with Crippen LogP contribution in [0.4, 0.5) is 5.69 Å². The molecule has 1 aromatic heterocycles. The first-order chi connectivity index (χ1) is 13.6. The third-order valence-electron chi connectivity index (χ3n) is 5.95. The maximum atomic E-state index is 13.0. The Morgan fingerprint density at radius 1 is 1.25 bits per heavy atom. The Balaban J connectivity index is 1.41. The normalized spacial score (nSPS) is 22.9. The Labute approximate surface area is 167 Å². The second kappa shape index (κ2) is 6.99. The number of fused-ring (bicyclic) bond motifs is 3. The highest BCUT2D eigenvalue weighted by atomic mass is 32.1. The summed E-state index contributed by atoms with van der Waals surface area (Å²) in [4.78, 5) is 27.0. The highest BCUT2D eigenvalue weighted by Crippen LogP contribution is 2.43. The highest BCUT2D eigenvalue weighted by Gasteiger charge is 2.41. The lowest BCUT2D eigenvalue weighted by molar-refractivity contribution is -0.116. The van der Waals surface area contributed by atoms with Crippen molar-refractivity contribution in [2.75, 3.05) is 25.0 Å². The van der Waals surface area contributed by atoms with Gasteiger partial charge in [-0.2, -0.15) is 0 Å². The smallest absolute Gasteiger partial charge is 0.261 e. The first kappa shape index (κ1) is 17.8. The van der Waals surface area contributed by atoms with Crippen molar-refractivity contribution < 1.29 is 14.3 Å². The molecule has 5 rings (SSSR count). The first-order valence-electron chi connectivity index (χ1n) is 9.82. The topological polar surface area (TPSA) is 79.5 Å². The lowest BCUT2D eigenvalue weighted by Gasteiger charge is -2.40. The third-order valence-corrected chi connectivity index (χ3v) is 7.14. The number of rotatable bonds is 2. The number of para-hydroxylation sites is 1. The summed E-state index contributed by atoms with van der Waals surface area (Å²) in [6.45, 7) is 2.58. The van der Waals surface area contributed by atoms with Gasteiger partial charge in [0, 0.05) is 17.0 Å². The van der Waals surface area contributed by atoms with E-state index >= 15 is 0 Å². The Morgan fingerprint density at radius 3 is 2.93 bits per heavy atom. The predicted molar refractivity (Wildman–Crippen MR) is 108 cm³/mol. The molecule has 3 aliphatic heterocycles. The average Bonchev–Trinajstić information content (AvgIpc) is 3.15. The summed E-state index contributed by atoms with van der Waals surface area (Å²) in [5.41, 5.74) is 2.68. The van der Waals surface area contributed by atoms with Gasteiger partial charge in [0.2, 0.25) is 5.91 Å². The fourth-order valence-corrected chi connectivity index (χ4v) is 5.68. The molecule has 28 heavy (non-hydrogen) atoms. The second-order valence-electron chi connectivity index (χ2n) is 7.66. The largest absolute Gasteiger partial charge is 0.370 e. The van der Waals surface area contributed by atoms with Crippen molar-refractivity contribution in [3.05, 3.63) is 51.2 Å². The molecule has 3 aliphatic rings. The third kappa shape index (κ3) is 3.03. The maximum absolute atomic E-state index is 13.0. The first-order valence-corrected chi connectivity index (χ1v) is 10.6. The van der Waals surface area contributed by atoms with Gasteiger partial charge in [0.05, 0.1) is 29.5 Å². The minimum absolute atomic E-state index is 0.0727. The van der Waals surface area contributed by atoms with Gasteiger partial charge < -0.3 is 20.7 Å². The van der Waals surface area contributed by atoms with Crippen LogP contribution in [0.1, 0.15) is 51.0 Å². The summed E-state index contributed by atoms with van der Waals surface area (Å²) in [5.74, 6) is -0.186. The lowest BCUT2D eigenvalue weighted by Crippen LogP contribution is -2.44. The summed E-state index contributed by atoms with van der Waals surface area (Å²) < 4.78 is 6.22. The van der Waals surface area contributed by atoms with Crippen molar-refractivity contribution in [3.63, 3.8) is 0 Å². The minimum atomic E-state index is -0.305. The summed E-state index contributed by atoms with van der Waals surface area (Å²) >= 11 is 1.57. The molecule has 0 bridgehead atoms. The molecule has 1 spiro atoms. The van der Waals surface area contributed by atoms with Crippen molar-refractivity contribution in [2.24, 2.45) is 0 Å². The molecule has 7 heteroatoms. The van der Waals surface area contributed by atoms with Gasteiger partial charge in [-0.05, 0) is 49.2 Å². The van der Waals surface area contributed by atoms with Gasteiger partial charge in [-0.3, -0.25) is 9.59 Å². The minimum Gasteiger partial charge on any atom is -0.370 e. The van der Waals surface area contributed by atoms with E-state index in [0.717, 1.165) is 43.6 Å². The van der Waals surface area contributed by atoms with Gasteiger partial charge in [0.15, 0.2) is 0 Å². The number of thiophene rings is 1. The van der Waals surface area contributed by atoms with Crippen LogP contribution in [0.5, 0.6) is 0 Å². The lowest BCUT2D eigenvalue weighted by atomic mass is 9.83. The molecule has 2 aromatic rings. The number of hydrogen-bond donors (Lipinski definition) is 3. The Morgan fingerprint density at radius 2 is 2.07 bits per heavy atom. The van der Waals surface area contributed by atoms with Crippen molar-refractivity contribution in [1.82, 2.24) is 10.6 Å². The zero-order chi connectivity index (χ0) is 19.1. The van der Waals surface area contributed by atoms with E-state index in [9.17, 15) is 9.59 Å². The van der Waals surface area contributed by atoms with Crippen LogP contribution in [-0.4, -0.2) is 31.5 Å². The zero-order valence-electron chi connectivity index (χ0n) is 15.5. The summed E-state index contributed by atoms with van der Waals surface area (Å²) in [7, 11) is 0. The summed E-state index contributed by atoms with van der Waals surface area (Å²) in [6, 6.07) is 9.35. The SMILES string of the molecule is O=C1CC(NC(=O)c2cc3c(s2)CCOC32CCNCC2)c2ccccc2N1. The van der Waals surface area contributed by atoms with Crippen LogP contribution in [-0.2, 0) is 21.6 Å². The molecule has 146 valence electrons. The molecule has 1 unspecified atom stereocenters. The zero-order valence-corrected chi connectivity index (χ0v) is 16.4. The van der Waals surface area contributed by atoms with E-state index in [1.807, 2.05) is 30.3 Å². The summed E-state index contributed by atoms with van der Waals surface area (Å²) in [5, 5.41) is 9.34. The van der Waals surface area contributed by atoms with Crippen LogP contribution < -0.4 is 16.0 Å². The number of carbonyl (C=O) groups excluding carboxylic acids is 2. The monoisotopic (exact) mass is 397 g/mol. The molecular formula is C21H23N3O3S. The predicted octanol–water partition coefficient (Wildman–Crippen LogP) is 2.71. The molecule has 2 amide bonds. The van der Waals surface area contributed by atoms with E-state index < -0.39 is 0 Å². The Kier molecular flexibility index (Phi) is 4.45. The van der Waals surface area contributed by atoms with Crippen molar-refractivity contribution in [1.29, 1.82) is 0 Å². The van der Waals surface area contributed by atoms with Gasteiger partial charge in [-0.15, -0.1) is 11.3 Å². The number of anilines is 1. The number of benzene rings is 1. The number of amides is 2. The van der Waals surface area contributed by atoms with Crippen molar-refractivity contribution in [3.8, 4) is 0 Å². The van der Waals surface area contributed by atoms with Crippen LogP contribution >= 0.6 is 11.3 Å². The van der Waals surface area contributed by atoms with Crippen molar-refractivity contribution >= 4 is 28.8 Å². The number of nitrogens with one attached hydrogen (secondary N) is 3. The molecule has 3 N–H and O–H groups in total. The van der Waals surface area contributed by atoms with Gasteiger partial charge in [0.1, 0.15) is 0 Å². The molecule has 0 radical (unpaired) electrons. The van der Waals surface area contributed by atoms with E-state index in [1.165, 1.54) is 10.4 Å². The standard InChI is InChI=1S/C21H23N3O3S/c25-19-12-16(13-3-1-2-4-15(13)23-19)24-20(26)18-11-14-17(28-18)5-10-27-21(14)6-8-22-9-7-21/h1-4,11,16,22H,5-10,12H2,(H,23,25)(H,24,26). The number of carbonyl (C=O) groups is 2. The Bertz CT molecular complexity index is 933. The van der Waals surface area contributed by atoms with Crippen molar-refractivity contribution in [2.45, 2.75) is 37.3 Å². The van der Waals surface area contributed by atoms with Crippen LogP contribution in [0.25, 0.3) is 0 Å². The molecular weight excluding hydrogens is 374 g/mol. The molecule has 1 atom stereocenters. The van der Waals surface area contributed by atoms with Crippen LogP contribution in [0, 0.1) is 0 Å². The average molecular weight is 398 g/mol. The molecule has 4 heterocycles. The second-order valence-corrected chi connectivity index (χ2v) is 8.79. The van der Waals surface area contributed by atoms with Gasteiger partial charge in [0.25, 0.3) is 5.91 Å². The van der Waals surface area contributed by atoms with E-state index in [0.29, 0.717) is 11.5 Å².